The van der Waals surface area contributed by atoms with E-state index < -0.39 is 0 Å². The molecule has 20 heavy (non-hydrogen) atoms. The van der Waals surface area contributed by atoms with E-state index in [0.717, 1.165) is 18.7 Å². The number of hydrogen-bond donors (Lipinski definition) is 1. The van der Waals surface area contributed by atoms with Gasteiger partial charge in [-0.3, -0.25) is 10.1 Å². The molecule has 0 bridgehead atoms. The van der Waals surface area contributed by atoms with Gasteiger partial charge in [-0.1, -0.05) is 24.6 Å². The molecule has 1 heterocycles. The molecule has 2 rings (SSSR count). The summed E-state index contributed by atoms with van der Waals surface area (Å²) in [7, 11) is 0. The van der Waals surface area contributed by atoms with Crippen LogP contribution < -0.4 is 5.32 Å². The second kappa shape index (κ2) is 7.36. The van der Waals surface area contributed by atoms with E-state index in [4.69, 9.17) is 0 Å². The van der Waals surface area contributed by atoms with Gasteiger partial charge in [-0.05, 0) is 32.9 Å². The molecule has 0 amide bonds. The van der Waals surface area contributed by atoms with Crippen molar-refractivity contribution < 1.29 is 4.92 Å². The molecular formula is C15H23N3O2. The number of nitrogens with one attached hydrogen (secondary N) is 1. The summed E-state index contributed by atoms with van der Waals surface area (Å²) in [6.45, 7) is 6.24. The molecule has 0 aromatic heterocycles. The van der Waals surface area contributed by atoms with E-state index in [-0.39, 0.29) is 16.7 Å². The van der Waals surface area contributed by atoms with Gasteiger partial charge >= 0.3 is 0 Å². The van der Waals surface area contributed by atoms with Crippen LogP contribution in [0.1, 0.15) is 37.8 Å². The highest BCUT2D eigenvalue weighted by Crippen LogP contribution is 2.24. The van der Waals surface area contributed by atoms with Crippen LogP contribution in [0.25, 0.3) is 0 Å². The first-order valence-electron chi connectivity index (χ1n) is 7.37. The lowest BCUT2D eigenvalue weighted by atomic mass is 10.1. The van der Waals surface area contributed by atoms with Crippen molar-refractivity contribution in [1.29, 1.82) is 0 Å². The van der Waals surface area contributed by atoms with Crippen molar-refractivity contribution >= 4 is 5.69 Å². The van der Waals surface area contributed by atoms with Crippen LogP contribution in [-0.2, 0) is 0 Å². The van der Waals surface area contributed by atoms with Crippen LogP contribution in [0, 0.1) is 10.1 Å². The summed E-state index contributed by atoms with van der Waals surface area (Å²) >= 11 is 0. The van der Waals surface area contributed by atoms with Crippen molar-refractivity contribution in [2.24, 2.45) is 0 Å². The van der Waals surface area contributed by atoms with Crippen molar-refractivity contribution in [2.75, 3.05) is 26.2 Å². The third-order valence-electron chi connectivity index (χ3n) is 3.93. The monoisotopic (exact) mass is 277 g/mol. The second-order valence-electron chi connectivity index (χ2n) is 5.39. The van der Waals surface area contributed by atoms with E-state index in [0.29, 0.717) is 0 Å². The maximum Gasteiger partial charge on any atom is 0.274 e. The normalized spacial score (nSPS) is 17.9. The Kier molecular flexibility index (Phi) is 5.49. The topological polar surface area (TPSA) is 58.4 Å². The number of nitro benzene ring substituents is 1. The summed E-state index contributed by atoms with van der Waals surface area (Å²) < 4.78 is 0. The van der Waals surface area contributed by atoms with Crippen molar-refractivity contribution in [3.8, 4) is 0 Å². The Bertz CT molecular complexity index is 444. The fourth-order valence-corrected chi connectivity index (χ4v) is 2.75. The Morgan fingerprint density at radius 1 is 1.30 bits per heavy atom. The molecule has 0 spiro atoms. The summed E-state index contributed by atoms with van der Waals surface area (Å²) in [6.07, 6.45) is 3.93. The van der Waals surface area contributed by atoms with E-state index in [1.807, 2.05) is 19.1 Å². The molecule has 1 atom stereocenters. The van der Waals surface area contributed by atoms with E-state index in [2.05, 4.69) is 10.2 Å². The molecule has 1 aliphatic rings. The molecule has 0 saturated carbocycles. The summed E-state index contributed by atoms with van der Waals surface area (Å²) in [4.78, 5) is 13.2. The Morgan fingerprint density at radius 3 is 2.70 bits per heavy atom. The SMILES string of the molecule is CC(NCCN1CCCCC1)c1ccccc1[N+](=O)[O-]. The number of nitro groups is 1. The summed E-state index contributed by atoms with van der Waals surface area (Å²) in [5.41, 5.74) is 0.960. The molecule has 1 aromatic carbocycles. The van der Waals surface area contributed by atoms with Crippen molar-refractivity contribution in [3.05, 3.63) is 39.9 Å². The first-order valence-corrected chi connectivity index (χ1v) is 7.37. The molecule has 110 valence electrons. The van der Waals surface area contributed by atoms with Gasteiger partial charge in [-0.2, -0.15) is 0 Å². The van der Waals surface area contributed by atoms with Crippen LogP contribution in [0.2, 0.25) is 0 Å². The predicted octanol–water partition coefficient (Wildman–Crippen LogP) is 2.73. The highest BCUT2D eigenvalue weighted by atomic mass is 16.6. The number of benzene rings is 1. The zero-order chi connectivity index (χ0) is 14.4. The third kappa shape index (κ3) is 4.02. The lowest BCUT2D eigenvalue weighted by molar-refractivity contribution is -0.385. The van der Waals surface area contributed by atoms with Crippen LogP contribution in [0.5, 0.6) is 0 Å². The molecule has 5 heteroatoms. The van der Waals surface area contributed by atoms with E-state index in [1.54, 1.807) is 12.1 Å². The summed E-state index contributed by atoms with van der Waals surface area (Å²) in [5.74, 6) is 0. The zero-order valence-electron chi connectivity index (χ0n) is 12.0. The van der Waals surface area contributed by atoms with Crippen molar-refractivity contribution in [1.82, 2.24) is 10.2 Å². The van der Waals surface area contributed by atoms with E-state index in [9.17, 15) is 10.1 Å². The molecule has 1 N–H and O–H groups in total. The minimum atomic E-state index is -0.307. The van der Waals surface area contributed by atoms with Gasteiger partial charge < -0.3 is 10.2 Å². The number of piperidine rings is 1. The molecule has 1 fully saturated rings. The number of para-hydroxylation sites is 1. The Hall–Kier alpha value is -1.46. The molecule has 1 aromatic rings. The van der Waals surface area contributed by atoms with Gasteiger partial charge in [-0.15, -0.1) is 0 Å². The Balaban J connectivity index is 1.85. The summed E-state index contributed by atoms with van der Waals surface area (Å²) in [6, 6.07) is 6.96. The molecule has 0 radical (unpaired) electrons. The van der Waals surface area contributed by atoms with Gasteiger partial charge in [-0.25, -0.2) is 0 Å². The number of rotatable bonds is 6. The molecule has 5 nitrogen and oxygen atoms in total. The smallest absolute Gasteiger partial charge is 0.274 e. The molecule has 1 saturated heterocycles. The van der Waals surface area contributed by atoms with Gasteiger partial charge in [0, 0.05) is 30.8 Å². The van der Waals surface area contributed by atoms with Crippen LogP contribution >= 0.6 is 0 Å². The largest absolute Gasteiger partial charge is 0.309 e. The lowest BCUT2D eigenvalue weighted by Crippen LogP contribution is -2.36. The molecule has 0 aliphatic carbocycles. The Labute approximate surface area is 120 Å². The molecule has 1 unspecified atom stereocenters. The van der Waals surface area contributed by atoms with Gasteiger partial charge in [0.15, 0.2) is 0 Å². The number of nitrogens with zero attached hydrogens (tertiary/aromatic N) is 2. The van der Waals surface area contributed by atoms with Crippen LogP contribution in [0.3, 0.4) is 0 Å². The zero-order valence-corrected chi connectivity index (χ0v) is 12.0. The van der Waals surface area contributed by atoms with Gasteiger partial charge in [0.2, 0.25) is 0 Å². The van der Waals surface area contributed by atoms with Crippen molar-refractivity contribution in [3.63, 3.8) is 0 Å². The fraction of sp³-hybridized carbons (Fsp3) is 0.600. The van der Waals surface area contributed by atoms with Crippen LogP contribution in [0.4, 0.5) is 5.69 Å². The standard InChI is InChI=1S/C15H23N3O2/c1-13(14-7-3-4-8-15(14)18(19)20)16-9-12-17-10-5-2-6-11-17/h3-4,7-8,13,16H,2,5-6,9-12H2,1H3. The highest BCUT2D eigenvalue weighted by molar-refractivity contribution is 5.41. The van der Waals surface area contributed by atoms with Gasteiger partial charge in [0.25, 0.3) is 5.69 Å². The van der Waals surface area contributed by atoms with Crippen LogP contribution in [-0.4, -0.2) is 36.0 Å². The maximum atomic E-state index is 11.0. The van der Waals surface area contributed by atoms with E-state index in [1.165, 1.54) is 32.4 Å². The Morgan fingerprint density at radius 2 is 2.00 bits per heavy atom. The second-order valence-corrected chi connectivity index (χ2v) is 5.39. The van der Waals surface area contributed by atoms with Crippen molar-refractivity contribution in [2.45, 2.75) is 32.2 Å². The van der Waals surface area contributed by atoms with E-state index >= 15 is 0 Å². The minimum Gasteiger partial charge on any atom is -0.309 e. The first-order chi connectivity index (χ1) is 9.68. The summed E-state index contributed by atoms with van der Waals surface area (Å²) in [5, 5.41) is 14.4. The third-order valence-corrected chi connectivity index (χ3v) is 3.93. The highest BCUT2D eigenvalue weighted by Gasteiger charge is 2.18. The van der Waals surface area contributed by atoms with Gasteiger partial charge in [0.1, 0.15) is 0 Å². The molecule has 1 aliphatic heterocycles. The maximum absolute atomic E-state index is 11.0. The minimum absolute atomic E-state index is 0.00129. The van der Waals surface area contributed by atoms with Crippen LogP contribution in [0.15, 0.2) is 24.3 Å². The lowest BCUT2D eigenvalue weighted by Gasteiger charge is -2.27. The first kappa shape index (κ1) is 14.9. The fourth-order valence-electron chi connectivity index (χ4n) is 2.75. The number of likely N-dealkylation sites (tertiary alicyclic amines) is 1. The average Bonchev–Trinajstić information content (AvgIpc) is 2.48. The van der Waals surface area contributed by atoms with Gasteiger partial charge in [0.05, 0.1) is 4.92 Å². The predicted molar refractivity (Wildman–Crippen MR) is 79.8 cm³/mol. The molecular weight excluding hydrogens is 254 g/mol. The number of hydrogen-bond acceptors (Lipinski definition) is 4. The average molecular weight is 277 g/mol. The quantitative estimate of drug-likeness (QED) is 0.641.